The molecule has 26 heavy (non-hydrogen) atoms. The van der Waals surface area contributed by atoms with Gasteiger partial charge in [-0.2, -0.15) is 4.72 Å². The summed E-state index contributed by atoms with van der Waals surface area (Å²) in [5.74, 6) is 0.165. The fourth-order valence-corrected chi connectivity index (χ4v) is 4.21. The quantitative estimate of drug-likeness (QED) is 0.744. The minimum absolute atomic E-state index is 0. The fourth-order valence-electron chi connectivity index (χ4n) is 2.87. The van der Waals surface area contributed by atoms with Crippen LogP contribution in [0.3, 0.4) is 0 Å². The lowest BCUT2D eigenvalue weighted by Gasteiger charge is -2.34. The summed E-state index contributed by atoms with van der Waals surface area (Å²) in [6.07, 6.45) is 1.72. The molecule has 2 unspecified atom stereocenters. The molecule has 1 aromatic rings. The van der Waals surface area contributed by atoms with Crippen molar-refractivity contribution in [2.24, 2.45) is 11.7 Å². The third-order valence-corrected chi connectivity index (χ3v) is 5.81. The topological polar surface area (TPSA) is 102 Å². The molecular weight excluding hydrogens is 378 g/mol. The van der Waals surface area contributed by atoms with Gasteiger partial charge in [-0.1, -0.05) is 13.8 Å². The normalized spacial score (nSPS) is 19.0. The van der Waals surface area contributed by atoms with Gasteiger partial charge in [-0.25, -0.2) is 8.42 Å². The maximum Gasteiger partial charge on any atom is 0.241 e. The van der Waals surface area contributed by atoms with Crippen LogP contribution < -0.4 is 15.2 Å². The highest BCUT2D eigenvalue weighted by molar-refractivity contribution is 7.89. The zero-order valence-corrected chi connectivity index (χ0v) is 17.0. The molecule has 1 amide bonds. The van der Waals surface area contributed by atoms with Crippen molar-refractivity contribution in [3.8, 4) is 5.75 Å². The number of nitrogens with two attached hydrogens (primary N) is 1. The average Bonchev–Trinajstić information content (AvgIpc) is 2.59. The Bertz CT molecular complexity index is 694. The maximum atomic E-state index is 12.8. The molecule has 0 spiro atoms. The van der Waals surface area contributed by atoms with E-state index in [0.29, 0.717) is 18.8 Å². The first-order valence-corrected chi connectivity index (χ1v) is 9.93. The summed E-state index contributed by atoms with van der Waals surface area (Å²) in [5.41, 5.74) is 5.94. The van der Waals surface area contributed by atoms with E-state index in [9.17, 15) is 13.2 Å². The van der Waals surface area contributed by atoms with E-state index in [1.807, 2.05) is 13.8 Å². The number of nitrogens with one attached hydrogen (secondary N) is 1. The predicted molar refractivity (Wildman–Crippen MR) is 103 cm³/mol. The van der Waals surface area contributed by atoms with Crippen molar-refractivity contribution in [2.75, 3.05) is 20.2 Å². The highest BCUT2D eigenvalue weighted by Gasteiger charge is 2.33. The number of piperidine rings is 1. The first-order chi connectivity index (χ1) is 11.7. The fraction of sp³-hybridized carbons (Fsp3) is 0.588. The van der Waals surface area contributed by atoms with Crippen LogP contribution in [-0.4, -0.2) is 51.5 Å². The van der Waals surface area contributed by atoms with Gasteiger partial charge in [-0.05, 0) is 43.0 Å². The summed E-state index contributed by atoms with van der Waals surface area (Å²) < 4.78 is 32.9. The molecule has 0 saturated carbocycles. The number of halogens is 1. The number of methoxy groups -OCH3 is 1. The number of hydrogen-bond donors (Lipinski definition) is 2. The van der Waals surface area contributed by atoms with Crippen molar-refractivity contribution in [3.63, 3.8) is 0 Å². The van der Waals surface area contributed by atoms with Crippen LogP contribution in [0.25, 0.3) is 0 Å². The zero-order chi connectivity index (χ0) is 18.6. The molecule has 7 nitrogen and oxygen atoms in total. The zero-order valence-electron chi connectivity index (χ0n) is 15.3. The van der Waals surface area contributed by atoms with Gasteiger partial charge in [-0.15, -0.1) is 12.4 Å². The number of nitrogens with zero attached hydrogens (tertiary/aromatic N) is 1. The van der Waals surface area contributed by atoms with E-state index in [0.717, 1.165) is 12.8 Å². The molecule has 3 N–H and O–H groups in total. The minimum Gasteiger partial charge on any atom is -0.497 e. The molecule has 0 radical (unpaired) electrons. The standard InChI is InChI=1S/C17H27N3O4S.ClH/c1-12(2)16(17(21)20-10-4-5-13(18)11-20)19-25(22,23)15-8-6-14(24-3)7-9-15;/h6-9,12-13,16,19H,4-5,10-11,18H2,1-3H3;1H. The Morgan fingerprint density at radius 1 is 1.31 bits per heavy atom. The van der Waals surface area contributed by atoms with E-state index in [2.05, 4.69) is 4.72 Å². The lowest BCUT2D eigenvalue weighted by Crippen LogP contribution is -2.55. The van der Waals surface area contributed by atoms with Gasteiger partial charge in [0.25, 0.3) is 0 Å². The van der Waals surface area contributed by atoms with Crippen LogP contribution in [-0.2, 0) is 14.8 Å². The molecule has 1 aromatic carbocycles. The van der Waals surface area contributed by atoms with Crippen molar-refractivity contribution in [1.82, 2.24) is 9.62 Å². The molecule has 0 aromatic heterocycles. The van der Waals surface area contributed by atoms with E-state index in [1.165, 1.54) is 19.2 Å². The number of carbonyl (C=O) groups excluding carboxylic acids is 1. The summed E-state index contributed by atoms with van der Waals surface area (Å²) in [6, 6.07) is 5.19. The van der Waals surface area contributed by atoms with Gasteiger partial charge in [0.15, 0.2) is 0 Å². The molecule has 2 rings (SSSR count). The van der Waals surface area contributed by atoms with Crippen molar-refractivity contribution in [2.45, 2.75) is 43.7 Å². The van der Waals surface area contributed by atoms with E-state index < -0.39 is 16.1 Å². The minimum atomic E-state index is -3.81. The molecule has 2 atom stereocenters. The molecule has 0 bridgehead atoms. The maximum absolute atomic E-state index is 12.8. The van der Waals surface area contributed by atoms with Crippen LogP contribution in [0.5, 0.6) is 5.75 Å². The second-order valence-electron chi connectivity index (χ2n) is 6.71. The molecular formula is C17H28ClN3O4S. The largest absolute Gasteiger partial charge is 0.497 e. The number of rotatable bonds is 6. The van der Waals surface area contributed by atoms with Gasteiger partial charge >= 0.3 is 0 Å². The molecule has 1 saturated heterocycles. The first-order valence-electron chi connectivity index (χ1n) is 8.45. The summed E-state index contributed by atoms with van der Waals surface area (Å²) in [7, 11) is -2.30. The summed E-state index contributed by atoms with van der Waals surface area (Å²) in [4.78, 5) is 14.6. The van der Waals surface area contributed by atoms with Crippen LogP contribution in [0.1, 0.15) is 26.7 Å². The van der Waals surface area contributed by atoms with Crippen molar-refractivity contribution in [3.05, 3.63) is 24.3 Å². The van der Waals surface area contributed by atoms with Gasteiger partial charge in [0.2, 0.25) is 15.9 Å². The monoisotopic (exact) mass is 405 g/mol. The molecule has 0 aliphatic carbocycles. The van der Waals surface area contributed by atoms with Gasteiger partial charge in [0.05, 0.1) is 12.0 Å². The van der Waals surface area contributed by atoms with E-state index in [1.54, 1.807) is 17.0 Å². The lowest BCUT2D eigenvalue weighted by molar-refractivity contribution is -0.135. The van der Waals surface area contributed by atoms with Crippen LogP contribution in [0, 0.1) is 5.92 Å². The SMILES string of the molecule is COc1ccc(S(=O)(=O)NC(C(=O)N2CCCC(N)C2)C(C)C)cc1.Cl. The van der Waals surface area contributed by atoms with Crippen LogP contribution in [0.4, 0.5) is 0 Å². The van der Waals surface area contributed by atoms with Gasteiger partial charge in [0.1, 0.15) is 11.8 Å². The van der Waals surface area contributed by atoms with Gasteiger partial charge in [0, 0.05) is 19.1 Å². The van der Waals surface area contributed by atoms with Gasteiger partial charge < -0.3 is 15.4 Å². The Balaban J connectivity index is 0.00000338. The Hall–Kier alpha value is -1.35. The van der Waals surface area contributed by atoms with Crippen molar-refractivity contribution < 1.29 is 17.9 Å². The lowest BCUT2D eigenvalue weighted by atomic mass is 10.0. The summed E-state index contributed by atoms with van der Waals surface area (Å²) >= 11 is 0. The Morgan fingerprint density at radius 2 is 1.92 bits per heavy atom. The smallest absolute Gasteiger partial charge is 0.241 e. The van der Waals surface area contributed by atoms with E-state index in [-0.39, 0.29) is 35.2 Å². The van der Waals surface area contributed by atoms with E-state index in [4.69, 9.17) is 10.5 Å². The van der Waals surface area contributed by atoms with Gasteiger partial charge in [-0.3, -0.25) is 4.79 Å². The third kappa shape index (κ3) is 5.57. The Kier molecular flexibility index (Phi) is 8.33. The molecule has 1 aliphatic rings. The van der Waals surface area contributed by atoms with Crippen LogP contribution in [0.2, 0.25) is 0 Å². The van der Waals surface area contributed by atoms with Crippen LogP contribution in [0.15, 0.2) is 29.2 Å². The highest BCUT2D eigenvalue weighted by atomic mass is 35.5. The second kappa shape index (κ2) is 9.55. The highest BCUT2D eigenvalue weighted by Crippen LogP contribution is 2.18. The van der Waals surface area contributed by atoms with Crippen LogP contribution >= 0.6 is 12.4 Å². The Labute approximate surface area is 161 Å². The molecule has 1 fully saturated rings. The molecule has 1 heterocycles. The summed E-state index contributed by atoms with van der Waals surface area (Å²) in [6.45, 7) is 4.72. The summed E-state index contributed by atoms with van der Waals surface area (Å²) in [5, 5.41) is 0. The average molecular weight is 406 g/mol. The van der Waals surface area contributed by atoms with Crippen molar-refractivity contribution in [1.29, 1.82) is 0 Å². The number of ether oxygens (including phenoxy) is 1. The predicted octanol–water partition coefficient (Wildman–Crippen LogP) is 1.37. The molecule has 1 aliphatic heterocycles. The number of benzene rings is 1. The first kappa shape index (κ1) is 22.7. The third-order valence-electron chi connectivity index (χ3n) is 4.35. The molecule has 148 valence electrons. The second-order valence-corrected chi connectivity index (χ2v) is 8.42. The number of likely N-dealkylation sites (tertiary alicyclic amines) is 1. The Morgan fingerprint density at radius 3 is 2.42 bits per heavy atom. The molecule has 9 heteroatoms. The number of amides is 1. The number of carbonyl (C=O) groups is 1. The van der Waals surface area contributed by atoms with Crippen molar-refractivity contribution >= 4 is 28.3 Å². The number of sulfonamides is 1. The van der Waals surface area contributed by atoms with E-state index >= 15 is 0 Å². The number of hydrogen-bond acceptors (Lipinski definition) is 5.